The van der Waals surface area contributed by atoms with Gasteiger partial charge in [-0.3, -0.25) is 4.98 Å². The van der Waals surface area contributed by atoms with E-state index in [1.807, 2.05) is 24.3 Å². The lowest BCUT2D eigenvalue weighted by molar-refractivity contribution is 0.389. The fourth-order valence-electron chi connectivity index (χ4n) is 2.02. The Kier molecular flexibility index (Phi) is 2.83. The van der Waals surface area contributed by atoms with Crippen molar-refractivity contribution in [3.05, 3.63) is 64.9 Å². The highest BCUT2D eigenvalue weighted by Gasteiger charge is 2.15. The molecule has 19 heavy (non-hydrogen) atoms. The van der Waals surface area contributed by atoms with Crippen LogP contribution >= 0.6 is 11.6 Å². The molecule has 1 aromatic carbocycles. The minimum atomic E-state index is -2.69. The fraction of sp³-hybridized carbons (Fsp3) is 0.312. The lowest BCUT2D eigenvalue weighted by Crippen LogP contribution is -2.17. The molecule has 3 heteroatoms. The number of halogens is 1. The van der Waals surface area contributed by atoms with E-state index in [4.69, 9.17) is 19.8 Å². The summed E-state index contributed by atoms with van der Waals surface area (Å²) in [6, 6.07) is 12.7. The summed E-state index contributed by atoms with van der Waals surface area (Å²) in [5, 5.41) is 0.593. The third kappa shape index (κ3) is 4.05. The van der Waals surface area contributed by atoms with Crippen molar-refractivity contribution in [1.29, 1.82) is 0 Å². The highest BCUT2D eigenvalue weighted by Crippen LogP contribution is 2.27. The molecule has 1 heterocycles. The Bertz CT molecular complexity index is 656. The Balaban J connectivity index is 2.29. The van der Waals surface area contributed by atoms with Crippen LogP contribution in [0.1, 0.15) is 31.8 Å². The van der Waals surface area contributed by atoms with Crippen LogP contribution in [0, 0.1) is 0 Å². The van der Waals surface area contributed by atoms with Crippen molar-refractivity contribution in [3.63, 3.8) is 0 Å². The molecule has 0 amide bonds. The van der Waals surface area contributed by atoms with Gasteiger partial charge < -0.3 is 4.90 Å². The van der Waals surface area contributed by atoms with E-state index in [0.29, 0.717) is 16.3 Å². The third-order valence-corrected chi connectivity index (χ3v) is 3.21. The molecule has 0 spiro atoms. The number of hydrogen-bond acceptors (Lipinski definition) is 2. The SMILES string of the molecule is [2H]C([2H])([2H])N(CC[C@@H](c1ccc(Cl)cc1)c1ccccn1)C([2H])([2H])[2H]. The molecule has 1 atom stereocenters. The molecule has 0 unspecified atom stereocenters. The zero-order valence-electron chi connectivity index (χ0n) is 16.4. The summed E-state index contributed by atoms with van der Waals surface area (Å²) < 4.78 is 45.0. The van der Waals surface area contributed by atoms with Crippen LogP contribution in [0.4, 0.5) is 0 Å². The van der Waals surface area contributed by atoms with Crippen LogP contribution in [0.25, 0.3) is 0 Å². The van der Waals surface area contributed by atoms with Crippen LogP contribution in [-0.4, -0.2) is 30.4 Å². The van der Waals surface area contributed by atoms with Crippen LogP contribution in [0.3, 0.4) is 0 Å². The molecule has 0 saturated heterocycles. The van der Waals surface area contributed by atoms with Gasteiger partial charge in [0.05, 0.1) is 0 Å². The topological polar surface area (TPSA) is 16.1 Å². The second-order valence-corrected chi connectivity index (χ2v) is 4.74. The van der Waals surface area contributed by atoms with Crippen LogP contribution in [-0.2, 0) is 0 Å². The fourth-order valence-corrected chi connectivity index (χ4v) is 2.15. The van der Waals surface area contributed by atoms with Gasteiger partial charge in [-0.05, 0) is 56.7 Å². The summed E-state index contributed by atoms with van der Waals surface area (Å²) in [5.74, 6) is -0.231. The van der Waals surface area contributed by atoms with Gasteiger partial charge in [-0.15, -0.1) is 0 Å². The van der Waals surface area contributed by atoms with Gasteiger partial charge in [0, 0.05) is 31.1 Å². The maximum atomic E-state index is 7.49. The molecule has 0 saturated carbocycles. The second kappa shape index (κ2) is 6.69. The average molecular weight is 281 g/mol. The summed E-state index contributed by atoms with van der Waals surface area (Å²) in [7, 11) is 0. The van der Waals surface area contributed by atoms with Gasteiger partial charge in [0.2, 0.25) is 0 Å². The van der Waals surface area contributed by atoms with Crippen LogP contribution < -0.4 is 0 Å². The molecule has 2 aromatic rings. The van der Waals surface area contributed by atoms with Gasteiger partial charge >= 0.3 is 0 Å². The van der Waals surface area contributed by atoms with Crippen molar-refractivity contribution in [2.24, 2.45) is 0 Å². The normalized spacial score (nSPS) is 18.6. The quantitative estimate of drug-likeness (QED) is 0.828. The van der Waals surface area contributed by atoms with Crippen molar-refractivity contribution in [2.45, 2.75) is 12.3 Å². The first-order valence-corrected chi connectivity index (χ1v) is 6.41. The summed E-state index contributed by atoms with van der Waals surface area (Å²) >= 11 is 5.94. The molecule has 0 bridgehead atoms. The van der Waals surface area contributed by atoms with Crippen LogP contribution in [0.15, 0.2) is 48.7 Å². The van der Waals surface area contributed by atoms with Crippen molar-refractivity contribution in [2.75, 3.05) is 20.5 Å². The monoisotopic (exact) mass is 280 g/mol. The predicted molar refractivity (Wildman–Crippen MR) is 80.7 cm³/mol. The van der Waals surface area contributed by atoms with E-state index in [1.54, 1.807) is 24.4 Å². The maximum Gasteiger partial charge on any atom is 0.0478 e. The number of rotatable bonds is 5. The van der Waals surface area contributed by atoms with E-state index in [1.165, 1.54) is 0 Å². The Morgan fingerprint density at radius 3 is 2.63 bits per heavy atom. The van der Waals surface area contributed by atoms with Gasteiger partial charge in [0.25, 0.3) is 0 Å². The molecule has 0 aliphatic carbocycles. The second-order valence-electron chi connectivity index (χ2n) is 4.30. The Labute approximate surface area is 128 Å². The Hall–Kier alpha value is -1.38. The van der Waals surface area contributed by atoms with E-state index in [-0.39, 0.29) is 12.5 Å². The molecule has 0 N–H and O–H groups in total. The van der Waals surface area contributed by atoms with Crippen molar-refractivity contribution in [1.82, 2.24) is 9.88 Å². The molecule has 0 aliphatic heterocycles. The zero-order chi connectivity index (χ0) is 18.7. The predicted octanol–water partition coefficient (Wildman–Crippen LogP) is 3.82. The molecule has 0 aliphatic rings. The molecular formula is C16H19ClN2. The van der Waals surface area contributed by atoms with E-state index >= 15 is 0 Å². The number of aromatic nitrogens is 1. The largest absolute Gasteiger partial charge is 0.309 e. The highest BCUT2D eigenvalue weighted by atomic mass is 35.5. The van der Waals surface area contributed by atoms with Crippen LogP contribution in [0.5, 0.6) is 0 Å². The number of benzene rings is 1. The van der Waals surface area contributed by atoms with E-state index in [9.17, 15) is 0 Å². The van der Waals surface area contributed by atoms with E-state index in [2.05, 4.69) is 4.98 Å². The smallest absolute Gasteiger partial charge is 0.0478 e. The summed E-state index contributed by atoms with van der Waals surface area (Å²) in [5.41, 5.74) is 1.65. The first-order valence-electron chi connectivity index (χ1n) is 9.03. The first kappa shape index (κ1) is 8.03. The van der Waals surface area contributed by atoms with Gasteiger partial charge in [-0.25, -0.2) is 0 Å². The van der Waals surface area contributed by atoms with Gasteiger partial charge in [-0.1, -0.05) is 29.8 Å². The number of hydrogen-bond donors (Lipinski definition) is 0. The maximum absolute atomic E-state index is 7.49. The minimum Gasteiger partial charge on any atom is -0.309 e. The van der Waals surface area contributed by atoms with Gasteiger partial charge in [0.1, 0.15) is 0 Å². The average Bonchev–Trinajstić information content (AvgIpc) is 2.51. The number of pyridine rings is 1. The van der Waals surface area contributed by atoms with Crippen molar-refractivity contribution >= 4 is 11.6 Å². The Morgan fingerprint density at radius 2 is 2.00 bits per heavy atom. The molecule has 0 radical (unpaired) electrons. The third-order valence-electron chi connectivity index (χ3n) is 2.96. The van der Waals surface area contributed by atoms with Gasteiger partial charge in [0.15, 0.2) is 0 Å². The van der Waals surface area contributed by atoms with Crippen LogP contribution in [0.2, 0.25) is 5.02 Å². The van der Waals surface area contributed by atoms with Gasteiger partial charge in [-0.2, -0.15) is 0 Å². The number of nitrogens with zero attached hydrogens (tertiary/aromatic N) is 2. The van der Waals surface area contributed by atoms with Crippen molar-refractivity contribution in [3.8, 4) is 0 Å². The lowest BCUT2D eigenvalue weighted by atomic mass is 9.92. The molecule has 0 fully saturated rings. The van der Waals surface area contributed by atoms with E-state index in [0.717, 1.165) is 11.3 Å². The molecule has 1 aromatic heterocycles. The molecule has 2 rings (SSSR count). The first-order chi connectivity index (χ1) is 11.6. The lowest BCUT2D eigenvalue weighted by Gasteiger charge is -2.19. The zero-order valence-corrected chi connectivity index (χ0v) is 11.1. The summed E-state index contributed by atoms with van der Waals surface area (Å²) in [4.78, 5) is 4.92. The summed E-state index contributed by atoms with van der Waals surface area (Å²) in [6.07, 6.45) is 1.96. The minimum absolute atomic E-state index is 0.114. The standard InChI is InChI=1S/C16H19ClN2/c1-19(2)12-10-15(16-5-3-4-11-18-16)13-6-8-14(17)9-7-13/h3-9,11,15H,10,12H2,1-2H3/t15-/m0/s1/i1D3,2D3. The summed E-state index contributed by atoms with van der Waals surface area (Å²) in [6.45, 7) is -5.50. The molecular weight excluding hydrogens is 256 g/mol. The molecule has 2 nitrogen and oxygen atoms in total. The van der Waals surface area contributed by atoms with E-state index < -0.39 is 14.0 Å². The highest BCUT2D eigenvalue weighted by molar-refractivity contribution is 6.30. The van der Waals surface area contributed by atoms with Crippen molar-refractivity contribution < 1.29 is 8.22 Å². The Morgan fingerprint density at radius 1 is 1.21 bits per heavy atom. The molecule has 100 valence electrons.